The van der Waals surface area contributed by atoms with Crippen molar-refractivity contribution in [1.82, 2.24) is 0 Å². The summed E-state index contributed by atoms with van der Waals surface area (Å²) in [6.45, 7) is 0. The van der Waals surface area contributed by atoms with Crippen molar-refractivity contribution < 1.29 is 24.0 Å². The molecule has 1 saturated heterocycles. The molecule has 4 rings (SSSR count). The van der Waals surface area contributed by atoms with E-state index in [2.05, 4.69) is 0 Å². The average Bonchev–Trinajstić information content (AvgIpc) is 3.28. The van der Waals surface area contributed by atoms with Crippen molar-refractivity contribution in [3.63, 3.8) is 0 Å². The van der Waals surface area contributed by atoms with Gasteiger partial charge in [-0.05, 0) is 48.2 Å². The zero-order valence-corrected chi connectivity index (χ0v) is 15.5. The summed E-state index contributed by atoms with van der Waals surface area (Å²) in [5, 5.41) is 19.8. The molecular weight excluding hydrogens is 396 g/mol. The van der Waals surface area contributed by atoms with Crippen molar-refractivity contribution in [2.45, 2.75) is 0 Å². The monoisotopic (exact) mass is 408 g/mol. The van der Waals surface area contributed by atoms with Gasteiger partial charge in [0.25, 0.3) is 16.8 Å². The molecule has 29 heavy (non-hydrogen) atoms. The van der Waals surface area contributed by atoms with Gasteiger partial charge in [0.1, 0.15) is 17.3 Å². The molecule has 1 aliphatic rings. The molecule has 0 bridgehead atoms. The molecule has 1 aliphatic heterocycles. The van der Waals surface area contributed by atoms with E-state index in [1.807, 2.05) is 0 Å². The van der Waals surface area contributed by atoms with Crippen molar-refractivity contribution in [2.24, 2.45) is 0 Å². The first-order chi connectivity index (χ1) is 13.9. The van der Waals surface area contributed by atoms with Crippen LogP contribution in [-0.4, -0.2) is 21.2 Å². The number of carbonyl (C=O) groups is 2. The van der Waals surface area contributed by atoms with Crippen LogP contribution in [0.1, 0.15) is 5.76 Å². The highest BCUT2D eigenvalue weighted by atomic mass is 32.2. The lowest BCUT2D eigenvalue weighted by molar-refractivity contribution is -0.384. The smallest absolute Gasteiger partial charge is 0.298 e. The lowest BCUT2D eigenvalue weighted by atomic mass is 10.1. The largest absolute Gasteiger partial charge is 0.508 e. The van der Waals surface area contributed by atoms with Crippen LogP contribution in [0.15, 0.2) is 70.0 Å². The van der Waals surface area contributed by atoms with E-state index >= 15 is 0 Å². The SMILES string of the molecule is O=C1S/C(=C/c2ccc(-c3cccc([N+](=O)[O-])c3)o2)C(=O)N1c1ccc(O)cc1. The molecule has 0 radical (unpaired) electrons. The number of nitrogens with zero attached hydrogens (tertiary/aromatic N) is 2. The summed E-state index contributed by atoms with van der Waals surface area (Å²) in [4.78, 5) is 36.5. The summed E-state index contributed by atoms with van der Waals surface area (Å²) in [7, 11) is 0. The van der Waals surface area contributed by atoms with Gasteiger partial charge < -0.3 is 9.52 Å². The van der Waals surface area contributed by atoms with Crippen molar-refractivity contribution in [1.29, 1.82) is 0 Å². The van der Waals surface area contributed by atoms with Crippen LogP contribution < -0.4 is 4.90 Å². The third-order valence-corrected chi connectivity index (χ3v) is 5.01. The second-order valence-electron chi connectivity index (χ2n) is 6.04. The number of carbonyl (C=O) groups excluding carboxylic acids is 2. The predicted octanol–water partition coefficient (Wildman–Crippen LogP) is 4.80. The number of rotatable bonds is 4. The number of benzene rings is 2. The minimum absolute atomic E-state index is 0.0283. The number of imide groups is 1. The zero-order valence-electron chi connectivity index (χ0n) is 14.6. The van der Waals surface area contributed by atoms with Gasteiger partial charge in [0, 0.05) is 23.8 Å². The minimum Gasteiger partial charge on any atom is -0.508 e. The minimum atomic E-state index is -0.501. The Kier molecular flexibility index (Phi) is 4.65. The van der Waals surface area contributed by atoms with Gasteiger partial charge in [-0.2, -0.15) is 0 Å². The predicted molar refractivity (Wildman–Crippen MR) is 107 cm³/mol. The van der Waals surface area contributed by atoms with E-state index in [1.165, 1.54) is 42.5 Å². The molecule has 0 spiro atoms. The quantitative estimate of drug-likeness (QED) is 0.375. The molecule has 2 amide bonds. The summed E-state index contributed by atoms with van der Waals surface area (Å²) in [6.07, 6.45) is 1.45. The van der Waals surface area contributed by atoms with Crippen LogP contribution in [0.4, 0.5) is 16.2 Å². The van der Waals surface area contributed by atoms with Crippen LogP contribution >= 0.6 is 11.8 Å². The van der Waals surface area contributed by atoms with Gasteiger partial charge in [0.05, 0.1) is 15.5 Å². The number of hydrogen-bond acceptors (Lipinski definition) is 7. The van der Waals surface area contributed by atoms with Gasteiger partial charge in [0.2, 0.25) is 0 Å². The van der Waals surface area contributed by atoms with Gasteiger partial charge in [-0.15, -0.1) is 0 Å². The van der Waals surface area contributed by atoms with Crippen LogP contribution in [0, 0.1) is 10.1 Å². The Bertz CT molecular complexity index is 1170. The Labute approximate surface area is 168 Å². The molecular formula is C20H12N2O6S. The summed E-state index contributed by atoms with van der Waals surface area (Å²) >= 11 is 0.774. The molecule has 1 aromatic heterocycles. The third-order valence-electron chi connectivity index (χ3n) is 4.14. The zero-order chi connectivity index (χ0) is 20.5. The van der Waals surface area contributed by atoms with E-state index in [0.29, 0.717) is 22.8 Å². The number of hydrogen-bond donors (Lipinski definition) is 1. The molecule has 0 unspecified atom stereocenters. The molecule has 1 N–H and O–H groups in total. The molecule has 9 heteroatoms. The van der Waals surface area contributed by atoms with Gasteiger partial charge in [-0.25, -0.2) is 4.90 Å². The van der Waals surface area contributed by atoms with Crippen LogP contribution in [0.2, 0.25) is 0 Å². The Morgan fingerprint density at radius 2 is 1.83 bits per heavy atom. The van der Waals surface area contributed by atoms with Crippen molar-refractivity contribution in [3.05, 3.63) is 81.4 Å². The third kappa shape index (κ3) is 3.63. The molecule has 0 atom stereocenters. The van der Waals surface area contributed by atoms with Crippen molar-refractivity contribution in [2.75, 3.05) is 4.90 Å². The normalized spacial score (nSPS) is 15.3. The molecule has 1 fully saturated rings. The van der Waals surface area contributed by atoms with Crippen molar-refractivity contribution >= 4 is 40.4 Å². The van der Waals surface area contributed by atoms with Crippen LogP contribution in [0.5, 0.6) is 5.75 Å². The second-order valence-corrected chi connectivity index (χ2v) is 7.04. The number of phenols is 1. The van der Waals surface area contributed by atoms with E-state index in [1.54, 1.807) is 24.3 Å². The maximum atomic E-state index is 12.6. The number of aromatic hydroxyl groups is 1. The van der Waals surface area contributed by atoms with E-state index in [9.17, 15) is 24.8 Å². The fraction of sp³-hybridized carbons (Fsp3) is 0. The molecule has 2 heterocycles. The molecule has 144 valence electrons. The highest BCUT2D eigenvalue weighted by Gasteiger charge is 2.36. The first kappa shape index (κ1) is 18.5. The number of anilines is 1. The number of thioether (sulfide) groups is 1. The number of non-ortho nitro benzene ring substituents is 1. The maximum absolute atomic E-state index is 12.6. The fourth-order valence-corrected chi connectivity index (χ4v) is 3.60. The summed E-state index contributed by atoms with van der Waals surface area (Å²) in [5.41, 5.74) is 0.817. The Balaban J connectivity index is 1.60. The topological polar surface area (TPSA) is 114 Å². The summed E-state index contributed by atoms with van der Waals surface area (Å²) in [6, 6.07) is 15.0. The summed E-state index contributed by atoms with van der Waals surface area (Å²) < 4.78 is 5.68. The van der Waals surface area contributed by atoms with Crippen LogP contribution in [-0.2, 0) is 4.79 Å². The summed E-state index contributed by atoms with van der Waals surface area (Å²) in [5.74, 6) is 0.264. The van der Waals surface area contributed by atoms with E-state index < -0.39 is 16.1 Å². The van der Waals surface area contributed by atoms with Gasteiger partial charge in [-0.3, -0.25) is 19.7 Å². The van der Waals surface area contributed by atoms with E-state index in [4.69, 9.17) is 4.42 Å². The standard InChI is InChI=1S/C20H12N2O6S/c23-15-6-4-13(5-7-15)21-19(24)18(29-20(21)25)11-16-8-9-17(28-16)12-2-1-3-14(10-12)22(26)27/h1-11,23H/b18-11+. The molecule has 0 aliphatic carbocycles. The second kappa shape index (κ2) is 7.28. The first-order valence-corrected chi connectivity index (χ1v) is 9.16. The number of amides is 2. The van der Waals surface area contributed by atoms with Gasteiger partial charge in [0.15, 0.2) is 0 Å². The average molecular weight is 408 g/mol. The highest BCUT2D eigenvalue weighted by Crippen LogP contribution is 2.37. The Morgan fingerprint density at radius 3 is 2.55 bits per heavy atom. The van der Waals surface area contributed by atoms with Gasteiger partial charge >= 0.3 is 0 Å². The fourth-order valence-electron chi connectivity index (χ4n) is 2.78. The molecule has 0 saturated carbocycles. The lowest BCUT2D eigenvalue weighted by Crippen LogP contribution is -2.27. The molecule has 3 aromatic rings. The van der Waals surface area contributed by atoms with Crippen LogP contribution in [0.25, 0.3) is 17.4 Å². The van der Waals surface area contributed by atoms with Crippen molar-refractivity contribution in [3.8, 4) is 17.1 Å². The molecule has 2 aromatic carbocycles. The lowest BCUT2D eigenvalue weighted by Gasteiger charge is -2.11. The highest BCUT2D eigenvalue weighted by molar-refractivity contribution is 8.19. The van der Waals surface area contributed by atoms with E-state index in [0.717, 1.165) is 16.7 Å². The number of nitro benzene ring substituents is 1. The molecule has 8 nitrogen and oxygen atoms in total. The first-order valence-electron chi connectivity index (χ1n) is 8.34. The van der Waals surface area contributed by atoms with Crippen LogP contribution in [0.3, 0.4) is 0 Å². The Morgan fingerprint density at radius 1 is 1.07 bits per heavy atom. The maximum Gasteiger partial charge on any atom is 0.298 e. The number of furan rings is 1. The number of phenolic OH excluding ortho intramolecular Hbond substituents is 1. The van der Waals surface area contributed by atoms with E-state index in [-0.39, 0.29) is 16.3 Å². The number of nitro groups is 1. The Hall–Kier alpha value is -3.85. The van der Waals surface area contributed by atoms with Gasteiger partial charge in [-0.1, -0.05) is 12.1 Å².